The number of piperidine rings is 1. The highest BCUT2D eigenvalue weighted by Gasteiger charge is 2.28. The van der Waals surface area contributed by atoms with Crippen molar-refractivity contribution < 1.29 is 18.7 Å². The molecule has 0 unspecified atom stereocenters. The average molecular weight is 416 g/mol. The zero-order chi connectivity index (χ0) is 20.4. The summed E-state index contributed by atoms with van der Waals surface area (Å²) in [4.78, 5) is 35.1. The van der Waals surface area contributed by atoms with Crippen molar-refractivity contribution in [2.75, 3.05) is 20.2 Å². The molecular weight excluding hydrogens is 398 g/mol. The standard InChI is InChI=1S/C20H18ClN3O5/c1-27-16-6-2-4-12-8-15(19(26)29-17(12)16)18(25)24-7-3-5-14(11-24)28-20-22-9-13(21)10-23-20/h2,4,6,8-10,14H,3,5,7,11H2,1H3/t14-/m0/s1. The zero-order valence-corrected chi connectivity index (χ0v) is 16.4. The van der Waals surface area contributed by atoms with Gasteiger partial charge in [0.15, 0.2) is 11.3 Å². The van der Waals surface area contributed by atoms with Crippen LogP contribution in [0.2, 0.25) is 5.02 Å². The Balaban J connectivity index is 1.55. The molecule has 3 aromatic rings. The number of carbonyl (C=O) groups is 1. The minimum atomic E-state index is -0.698. The molecule has 1 atom stereocenters. The molecule has 4 rings (SSSR count). The first kappa shape index (κ1) is 19.2. The molecular formula is C20H18ClN3O5. The first-order chi connectivity index (χ1) is 14.0. The summed E-state index contributed by atoms with van der Waals surface area (Å²) in [6, 6.07) is 6.96. The number of hydrogen-bond acceptors (Lipinski definition) is 7. The molecule has 0 spiro atoms. The van der Waals surface area contributed by atoms with Gasteiger partial charge in [-0.1, -0.05) is 23.7 Å². The van der Waals surface area contributed by atoms with Gasteiger partial charge in [0.1, 0.15) is 11.7 Å². The highest BCUT2D eigenvalue weighted by atomic mass is 35.5. The Bertz CT molecular complexity index is 1100. The van der Waals surface area contributed by atoms with E-state index in [0.717, 1.165) is 12.8 Å². The molecule has 1 aliphatic heterocycles. The van der Waals surface area contributed by atoms with E-state index in [2.05, 4.69) is 9.97 Å². The number of amides is 1. The Morgan fingerprint density at radius 1 is 1.31 bits per heavy atom. The molecule has 1 fully saturated rings. The van der Waals surface area contributed by atoms with Gasteiger partial charge in [-0.15, -0.1) is 0 Å². The molecule has 150 valence electrons. The molecule has 0 aliphatic carbocycles. The molecule has 8 nitrogen and oxygen atoms in total. The Kier molecular flexibility index (Phi) is 5.35. The van der Waals surface area contributed by atoms with Crippen molar-refractivity contribution in [3.8, 4) is 11.8 Å². The van der Waals surface area contributed by atoms with E-state index in [1.807, 2.05) is 0 Å². The van der Waals surface area contributed by atoms with Crippen LogP contribution in [0.5, 0.6) is 11.8 Å². The second kappa shape index (κ2) is 8.08. The number of rotatable bonds is 4. The van der Waals surface area contributed by atoms with E-state index in [9.17, 15) is 9.59 Å². The maximum Gasteiger partial charge on any atom is 0.349 e. The predicted molar refractivity (Wildman–Crippen MR) is 106 cm³/mol. The Morgan fingerprint density at radius 3 is 2.86 bits per heavy atom. The minimum Gasteiger partial charge on any atom is -0.493 e. The lowest BCUT2D eigenvalue weighted by molar-refractivity contribution is 0.0512. The van der Waals surface area contributed by atoms with Crippen molar-refractivity contribution in [3.05, 3.63) is 57.7 Å². The molecule has 1 saturated heterocycles. The van der Waals surface area contributed by atoms with Crippen molar-refractivity contribution >= 4 is 28.5 Å². The van der Waals surface area contributed by atoms with E-state index in [1.54, 1.807) is 29.2 Å². The smallest absolute Gasteiger partial charge is 0.349 e. The summed E-state index contributed by atoms with van der Waals surface area (Å²) in [5.41, 5.74) is -0.401. The second-order valence-corrected chi connectivity index (χ2v) is 7.08. The van der Waals surface area contributed by atoms with Crippen LogP contribution in [-0.2, 0) is 0 Å². The number of hydrogen-bond donors (Lipinski definition) is 0. The number of ether oxygens (including phenoxy) is 2. The monoisotopic (exact) mass is 415 g/mol. The number of carbonyl (C=O) groups excluding carboxylic acids is 1. The van der Waals surface area contributed by atoms with Crippen LogP contribution in [0.4, 0.5) is 0 Å². The highest BCUT2D eigenvalue weighted by molar-refractivity contribution is 6.30. The molecule has 0 radical (unpaired) electrons. The lowest BCUT2D eigenvalue weighted by Crippen LogP contribution is -2.45. The van der Waals surface area contributed by atoms with Gasteiger partial charge in [0.25, 0.3) is 5.91 Å². The summed E-state index contributed by atoms with van der Waals surface area (Å²) >= 11 is 5.78. The van der Waals surface area contributed by atoms with E-state index in [1.165, 1.54) is 19.5 Å². The molecule has 2 aromatic heterocycles. The maximum atomic E-state index is 13.0. The van der Waals surface area contributed by atoms with Crippen LogP contribution in [0.25, 0.3) is 11.0 Å². The lowest BCUT2D eigenvalue weighted by atomic mass is 10.1. The van der Waals surface area contributed by atoms with Gasteiger partial charge in [-0.2, -0.15) is 0 Å². The van der Waals surface area contributed by atoms with Gasteiger partial charge in [0, 0.05) is 11.9 Å². The van der Waals surface area contributed by atoms with Gasteiger partial charge in [-0.25, -0.2) is 14.8 Å². The quantitative estimate of drug-likeness (QED) is 0.604. The largest absolute Gasteiger partial charge is 0.493 e. The molecule has 3 heterocycles. The third-order valence-corrected chi connectivity index (χ3v) is 4.90. The molecule has 9 heteroatoms. The van der Waals surface area contributed by atoms with E-state index < -0.39 is 11.5 Å². The van der Waals surface area contributed by atoms with Crippen LogP contribution < -0.4 is 15.1 Å². The maximum absolute atomic E-state index is 13.0. The van der Waals surface area contributed by atoms with Gasteiger partial charge in [-0.05, 0) is 25.0 Å². The number of methoxy groups -OCH3 is 1. The number of nitrogens with zero attached hydrogens (tertiary/aromatic N) is 3. The van der Waals surface area contributed by atoms with Gasteiger partial charge in [0.05, 0.1) is 31.1 Å². The number of halogens is 1. The van der Waals surface area contributed by atoms with E-state index in [-0.39, 0.29) is 17.7 Å². The van der Waals surface area contributed by atoms with Crippen LogP contribution in [0.15, 0.2) is 45.9 Å². The second-order valence-electron chi connectivity index (χ2n) is 6.64. The van der Waals surface area contributed by atoms with E-state index in [0.29, 0.717) is 34.8 Å². The van der Waals surface area contributed by atoms with Gasteiger partial charge < -0.3 is 18.8 Å². The van der Waals surface area contributed by atoms with Gasteiger partial charge in [0.2, 0.25) is 0 Å². The summed E-state index contributed by atoms with van der Waals surface area (Å²) in [5, 5.41) is 1.03. The van der Waals surface area contributed by atoms with Crippen molar-refractivity contribution in [2.24, 2.45) is 0 Å². The predicted octanol–water partition coefficient (Wildman–Crippen LogP) is 2.93. The number of para-hydroxylation sites is 1. The molecule has 29 heavy (non-hydrogen) atoms. The van der Waals surface area contributed by atoms with Crippen LogP contribution in [0, 0.1) is 0 Å². The summed E-state index contributed by atoms with van der Waals surface area (Å²) in [5.74, 6) is 0.0433. The summed E-state index contributed by atoms with van der Waals surface area (Å²) in [7, 11) is 1.49. The number of fused-ring (bicyclic) bond motifs is 1. The summed E-state index contributed by atoms with van der Waals surface area (Å²) in [6.45, 7) is 0.843. The topological polar surface area (TPSA) is 94.8 Å². The lowest BCUT2D eigenvalue weighted by Gasteiger charge is -2.32. The average Bonchev–Trinajstić information content (AvgIpc) is 2.74. The van der Waals surface area contributed by atoms with Gasteiger partial charge in [-0.3, -0.25) is 4.79 Å². The fourth-order valence-corrected chi connectivity index (χ4v) is 3.42. The number of aromatic nitrogens is 2. The van der Waals surface area contributed by atoms with E-state index in [4.69, 9.17) is 25.5 Å². The highest BCUT2D eigenvalue weighted by Crippen LogP contribution is 2.25. The van der Waals surface area contributed by atoms with Crippen LogP contribution in [0.1, 0.15) is 23.2 Å². The Labute approximate surface area is 171 Å². The van der Waals surface area contributed by atoms with Crippen molar-refractivity contribution in [3.63, 3.8) is 0 Å². The molecule has 1 amide bonds. The van der Waals surface area contributed by atoms with Crippen molar-refractivity contribution in [1.82, 2.24) is 14.9 Å². The number of likely N-dealkylation sites (tertiary alicyclic amines) is 1. The molecule has 0 N–H and O–H groups in total. The molecule has 0 saturated carbocycles. The van der Waals surface area contributed by atoms with E-state index >= 15 is 0 Å². The Morgan fingerprint density at radius 2 is 2.10 bits per heavy atom. The summed E-state index contributed by atoms with van der Waals surface area (Å²) in [6.07, 6.45) is 4.10. The first-order valence-electron chi connectivity index (χ1n) is 9.09. The number of benzene rings is 1. The third-order valence-electron chi connectivity index (χ3n) is 4.71. The fourth-order valence-electron chi connectivity index (χ4n) is 3.33. The van der Waals surface area contributed by atoms with Crippen molar-refractivity contribution in [1.29, 1.82) is 0 Å². The van der Waals surface area contributed by atoms with Crippen LogP contribution >= 0.6 is 11.6 Å². The van der Waals surface area contributed by atoms with Crippen molar-refractivity contribution in [2.45, 2.75) is 18.9 Å². The van der Waals surface area contributed by atoms with Crippen LogP contribution in [0.3, 0.4) is 0 Å². The normalized spacial score (nSPS) is 16.6. The summed E-state index contributed by atoms with van der Waals surface area (Å²) < 4.78 is 16.3. The van der Waals surface area contributed by atoms with Crippen LogP contribution in [-0.4, -0.2) is 47.1 Å². The SMILES string of the molecule is COc1cccc2cc(C(=O)N3CCC[C@H](Oc4ncc(Cl)cn4)C3)c(=O)oc12. The zero-order valence-electron chi connectivity index (χ0n) is 15.6. The fraction of sp³-hybridized carbons (Fsp3) is 0.300. The third kappa shape index (κ3) is 4.02. The molecule has 1 aromatic carbocycles. The minimum absolute atomic E-state index is 0.0193. The first-order valence-corrected chi connectivity index (χ1v) is 9.47. The molecule has 0 bridgehead atoms. The van der Waals surface area contributed by atoms with Gasteiger partial charge >= 0.3 is 11.6 Å². The molecule has 1 aliphatic rings. The Hall–Kier alpha value is -3.13.